The van der Waals surface area contributed by atoms with Crippen molar-refractivity contribution in [3.8, 4) is 0 Å². The van der Waals surface area contributed by atoms with Gasteiger partial charge in [-0.15, -0.1) is 0 Å². The van der Waals surface area contributed by atoms with Crippen LogP contribution in [0.3, 0.4) is 0 Å². The molecule has 1 saturated heterocycles. The maximum atomic E-state index is 12.4. The molecule has 0 radical (unpaired) electrons. The van der Waals surface area contributed by atoms with E-state index in [9.17, 15) is 15.0 Å². The zero-order valence-corrected chi connectivity index (χ0v) is 14.1. The van der Waals surface area contributed by atoms with Gasteiger partial charge in [0.15, 0.2) is 11.4 Å². The smallest absolute Gasteiger partial charge is 0.242 e. The molecule has 134 valence electrons. The molecule has 1 fully saturated rings. The van der Waals surface area contributed by atoms with Crippen LogP contribution in [0.4, 0.5) is 5.13 Å². The fourth-order valence-corrected chi connectivity index (χ4v) is 3.06. The van der Waals surface area contributed by atoms with Gasteiger partial charge in [0.2, 0.25) is 12.2 Å². The number of nitrogens with one attached hydrogen (secondary N) is 1. The first-order chi connectivity index (χ1) is 12.0. The van der Waals surface area contributed by atoms with Crippen LogP contribution in [-0.4, -0.2) is 57.6 Å². The molecule has 1 aromatic carbocycles. The third-order valence-corrected chi connectivity index (χ3v) is 4.63. The van der Waals surface area contributed by atoms with Crippen molar-refractivity contribution in [2.75, 3.05) is 11.9 Å². The molecule has 1 aromatic heterocycles. The predicted molar refractivity (Wildman–Crippen MR) is 89.2 cm³/mol. The number of aliphatic hydroxyl groups excluding tert-OH is 3. The lowest BCUT2D eigenvalue weighted by atomic mass is 10.1. The summed E-state index contributed by atoms with van der Waals surface area (Å²) in [5.74, 6) is -0.153. The van der Waals surface area contributed by atoms with Gasteiger partial charge in [-0.1, -0.05) is 41.2 Å². The topological polar surface area (TPSA) is 121 Å². The summed E-state index contributed by atoms with van der Waals surface area (Å²) in [5, 5.41) is 31.5. The molecule has 1 aliphatic heterocycles. The molecular formula is C16H18N2O6S. The van der Waals surface area contributed by atoms with Crippen molar-refractivity contribution in [2.45, 2.75) is 31.8 Å². The van der Waals surface area contributed by atoms with Gasteiger partial charge in [0.1, 0.15) is 12.2 Å². The second kappa shape index (κ2) is 7.56. The molecule has 4 N–H and O–H groups in total. The van der Waals surface area contributed by atoms with Gasteiger partial charge in [0.25, 0.3) is 0 Å². The van der Waals surface area contributed by atoms with Crippen molar-refractivity contribution in [1.82, 2.24) is 4.98 Å². The average molecular weight is 366 g/mol. The molecule has 25 heavy (non-hydrogen) atoms. The summed E-state index contributed by atoms with van der Waals surface area (Å²) in [5.41, 5.74) is 1.62. The lowest BCUT2D eigenvalue weighted by Gasteiger charge is -2.36. The number of ether oxygens (including phenoxy) is 2. The number of carbonyl (C=O) groups excluding carboxylic acids is 1. The molecule has 2 heterocycles. The number of hydrogen-bond donors (Lipinski definition) is 4. The minimum Gasteiger partial charge on any atom is -0.394 e. The molecule has 0 amide bonds. The van der Waals surface area contributed by atoms with Gasteiger partial charge in [0, 0.05) is 5.56 Å². The van der Waals surface area contributed by atoms with Gasteiger partial charge in [-0.05, 0) is 6.92 Å². The molecule has 8 nitrogen and oxygen atoms in total. The summed E-state index contributed by atoms with van der Waals surface area (Å²) >= 11 is 1.11. The molecule has 9 heteroatoms. The van der Waals surface area contributed by atoms with Crippen molar-refractivity contribution in [1.29, 1.82) is 0 Å². The fourth-order valence-electron chi connectivity index (χ4n) is 2.27. The zero-order chi connectivity index (χ0) is 18.0. The predicted octanol–water partition coefficient (Wildman–Crippen LogP) is 0.465. The first-order valence-corrected chi connectivity index (χ1v) is 8.41. The first-order valence-electron chi connectivity index (χ1n) is 7.59. The summed E-state index contributed by atoms with van der Waals surface area (Å²) in [6.07, 6.45) is -3.51. The van der Waals surface area contributed by atoms with Crippen LogP contribution in [0.5, 0.6) is 0 Å². The van der Waals surface area contributed by atoms with Gasteiger partial charge in [-0.2, -0.15) is 0 Å². The van der Waals surface area contributed by atoms with Gasteiger partial charge in [0.05, 0.1) is 17.7 Å². The Morgan fingerprint density at radius 1 is 1.28 bits per heavy atom. The van der Waals surface area contributed by atoms with E-state index in [1.54, 1.807) is 12.1 Å². The second-order valence-corrected chi connectivity index (χ2v) is 6.61. The molecule has 0 bridgehead atoms. The summed E-state index contributed by atoms with van der Waals surface area (Å²) in [6, 6.07) is 7.22. The average Bonchev–Trinajstić information content (AvgIpc) is 3.06. The lowest BCUT2D eigenvalue weighted by molar-refractivity contribution is -0.328. The minimum absolute atomic E-state index is 0.153. The quantitative estimate of drug-likeness (QED) is 0.564. The summed E-state index contributed by atoms with van der Waals surface area (Å²) in [4.78, 5) is 17.0. The Labute approximate surface area is 147 Å². The molecule has 2 aromatic rings. The number of benzene rings is 1. The highest BCUT2D eigenvalue weighted by Gasteiger charge is 2.37. The minimum atomic E-state index is -1.50. The van der Waals surface area contributed by atoms with Crippen molar-refractivity contribution in [3.63, 3.8) is 0 Å². The van der Waals surface area contributed by atoms with Crippen LogP contribution in [0.1, 0.15) is 20.8 Å². The lowest BCUT2D eigenvalue weighted by Crippen LogP contribution is -2.53. The van der Waals surface area contributed by atoms with E-state index in [1.807, 2.05) is 19.1 Å². The molecular weight excluding hydrogens is 348 g/mol. The first kappa shape index (κ1) is 17.9. The highest BCUT2D eigenvalue weighted by molar-refractivity contribution is 7.17. The van der Waals surface area contributed by atoms with E-state index in [-0.39, 0.29) is 5.78 Å². The number of hydrogen-bond acceptors (Lipinski definition) is 9. The van der Waals surface area contributed by atoms with Crippen LogP contribution in [-0.2, 0) is 9.47 Å². The SMILES string of the molecule is Cc1ccc(C(=O)c2cnc(N[C@@H]3OC(O)[C@H](O)C(CO)O3)s2)cc1. The zero-order valence-electron chi connectivity index (χ0n) is 13.3. The monoisotopic (exact) mass is 366 g/mol. The van der Waals surface area contributed by atoms with Gasteiger partial charge in [-0.25, -0.2) is 4.98 Å². The number of aromatic nitrogens is 1. The van der Waals surface area contributed by atoms with E-state index >= 15 is 0 Å². The number of nitrogens with zero attached hydrogens (tertiary/aromatic N) is 1. The van der Waals surface area contributed by atoms with E-state index in [2.05, 4.69) is 10.3 Å². The van der Waals surface area contributed by atoms with E-state index in [0.29, 0.717) is 15.6 Å². The van der Waals surface area contributed by atoms with E-state index in [1.165, 1.54) is 6.20 Å². The molecule has 2 unspecified atom stereocenters. The Bertz CT molecular complexity index is 734. The third kappa shape index (κ3) is 4.03. The molecule has 0 aliphatic carbocycles. The Balaban J connectivity index is 1.67. The van der Waals surface area contributed by atoms with Crippen LogP contribution < -0.4 is 5.32 Å². The van der Waals surface area contributed by atoms with Crippen LogP contribution in [0, 0.1) is 6.92 Å². The summed E-state index contributed by atoms with van der Waals surface area (Å²) < 4.78 is 10.3. The Morgan fingerprint density at radius 3 is 2.68 bits per heavy atom. The van der Waals surface area contributed by atoms with E-state index < -0.39 is 31.5 Å². The Kier molecular flexibility index (Phi) is 5.42. The molecule has 4 atom stereocenters. The number of carbonyl (C=O) groups is 1. The number of rotatable bonds is 5. The number of ketones is 1. The van der Waals surface area contributed by atoms with Crippen LogP contribution >= 0.6 is 11.3 Å². The van der Waals surface area contributed by atoms with Crippen molar-refractivity contribution >= 4 is 22.3 Å². The molecule has 3 rings (SSSR count). The highest BCUT2D eigenvalue weighted by atomic mass is 32.1. The number of aliphatic hydroxyl groups is 3. The van der Waals surface area contributed by atoms with Crippen molar-refractivity contribution in [2.24, 2.45) is 0 Å². The maximum absolute atomic E-state index is 12.4. The molecule has 0 saturated carbocycles. The molecule has 1 aliphatic rings. The number of anilines is 1. The van der Waals surface area contributed by atoms with Crippen molar-refractivity contribution < 1.29 is 29.6 Å². The highest BCUT2D eigenvalue weighted by Crippen LogP contribution is 2.25. The van der Waals surface area contributed by atoms with Crippen LogP contribution in [0.2, 0.25) is 0 Å². The largest absolute Gasteiger partial charge is 0.394 e. The normalized spacial score (nSPS) is 26.4. The molecule has 0 spiro atoms. The van der Waals surface area contributed by atoms with E-state index in [0.717, 1.165) is 16.9 Å². The van der Waals surface area contributed by atoms with Gasteiger partial charge >= 0.3 is 0 Å². The second-order valence-electron chi connectivity index (χ2n) is 5.58. The van der Waals surface area contributed by atoms with Crippen molar-refractivity contribution in [3.05, 3.63) is 46.5 Å². The standard InChI is InChI=1S/C16H18N2O6S/c1-8-2-4-9(5-3-8)12(20)11-6-17-15(25-11)18-16-23-10(7-19)13(21)14(22)24-16/h2-6,10,13-14,16,19,21-22H,7H2,1H3,(H,17,18)/t10?,13-,14?,16+/m1/s1. The Hall–Kier alpha value is -1.88. The van der Waals surface area contributed by atoms with Gasteiger partial charge < -0.3 is 30.1 Å². The fraction of sp³-hybridized carbons (Fsp3) is 0.375. The van der Waals surface area contributed by atoms with Gasteiger partial charge in [-0.3, -0.25) is 4.79 Å². The summed E-state index contributed by atoms with van der Waals surface area (Å²) in [6.45, 7) is 1.47. The number of aryl methyl sites for hydroxylation is 1. The van der Waals surface area contributed by atoms with Crippen LogP contribution in [0.25, 0.3) is 0 Å². The van der Waals surface area contributed by atoms with Crippen LogP contribution in [0.15, 0.2) is 30.5 Å². The Morgan fingerprint density at radius 2 is 2.00 bits per heavy atom. The maximum Gasteiger partial charge on any atom is 0.242 e. The summed E-state index contributed by atoms with van der Waals surface area (Å²) in [7, 11) is 0. The third-order valence-electron chi connectivity index (χ3n) is 3.70. The van der Waals surface area contributed by atoms with E-state index in [4.69, 9.17) is 14.6 Å². The number of thiazole rings is 1.